The Kier molecular flexibility index (Phi) is 5.22. The molecule has 0 spiro atoms. The van der Waals surface area contributed by atoms with E-state index in [-0.39, 0.29) is 0 Å². The molecule has 1 aromatic rings. The van der Waals surface area contributed by atoms with Gasteiger partial charge in [-0.15, -0.1) is 11.3 Å². The van der Waals surface area contributed by atoms with Gasteiger partial charge in [0.05, 0.1) is 6.61 Å². The van der Waals surface area contributed by atoms with Crippen LogP contribution in [0.25, 0.3) is 0 Å². The quantitative estimate of drug-likeness (QED) is 0.852. The molecule has 18 heavy (non-hydrogen) atoms. The van der Waals surface area contributed by atoms with Gasteiger partial charge in [-0.25, -0.2) is 0 Å². The van der Waals surface area contributed by atoms with E-state index in [0.717, 1.165) is 19.8 Å². The van der Waals surface area contributed by atoms with Crippen molar-refractivity contribution < 1.29 is 4.74 Å². The lowest BCUT2D eigenvalue weighted by Crippen LogP contribution is -2.43. The number of aryl methyl sites for hydroxylation is 1. The lowest BCUT2D eigenvalue weighted by Gasteiger charge is -2.38. The molecule has 3 heteroatoms. The number of hydrogen-bond donors (Lipinski definition) is 1. The summed E-state index contributed by atoms with van der Waals surface area (Å²) in [5.41, 5.74) is 0.354. The third-order valence-corrected chi connectivity index (χ3v) is 4.71. The molecule has 2 rings (SSSR count). The van der Waals surface area contributed by atoms with E-state index in [2.05, 4.69) is 36.7 Å². The maximum atomic E-state index is 5.75. The Balaban J connectivity index is 1.91. The molecule has 0 aromatic carbocycles. The van der Waals surface area contributed by atoms with Crippen LogP contribution in [0, 0.1) is 5.41 Å². The first-order valence-corrected chi connectivity index (χ1v) is 7.92. The van der Waals surface area contributed by atoms with Gasteiger partial charge in [0.1, 0.15) is 0 Å². The molecule has 1 aliphatic heterocycles. The van der Waals surface area contributed by atoms with Gasteiger partial charge in [-0.3, -0.25) is 0 Å². The third kappa shape index (κ3) is 4.08. The summed E-state index contributed by atoms with van der Waals surface area (Å²) in [7, 11) is 0. The Morgan fingerprint density at radius 2 is 2.39 bits per heavy atom. The van der Waals surface area contributed by atoms with Crippen molar-refractivity contribution in [2.75, 3.05) is 19.8 Å². The average Bonchev–Trinajstić information content (AvgIpc) is 2.89. The molecule has 2 nitrogen and oxygen atoms in total. The highest BCUT2D eigenvalue weighted by Gasteiger charge is 2.32. The van der Waals surface area contributed by atoms with Crippen molar-refractivity contribution in [2.45, 2.75) is 45.6 Å². The molecular formula is C15H25NOS. The van der Waals surface area contributed by atoms with Gasteiger partial charge in [0.15, 0.2) is 0 Å². The lowest BCUT2D eigenvalue weighted by atomic mass is 9.78. The molecule has 0 bridgehead atoms. The molecule has 1 aromatic heterocycles. The Hall–Kier alpha value is -0.380. The molecular weight excluding hydrogens is 242 g/mol. The van der Waals surface area contributed by atoms with Crippen molar-refractivity contribution >= 4 is 11.3 Å². The van der Waals surface area contributed by atoms with Crippen LogP contribution in [0.1, 0.15) is 38.0 Å². The number of rotatable bonds is 6. The maximum Gasteiger partial charge on any atom is 0.0534 e. The van der Waals surface area contributed by atoms with E-state index in [1.54, 1.807) is 0 Å². The van der Waals surface area contributed by atoms with Crippen LogP contribution in [0.5, 0.6) is 0 Å². The highest BCUT2D eigenvalue weighted by atomic mass is 32.1. The van der Waals surface area contributed by atoms with Crippen molar-refractivity contribution in [1.29, 1.82) is 0 Å². The normalized spacial score (nSPS) is 24.6. The maximum absolute atomic E-state index is 5.75. The Bertz CT molecular complexity index is 328. The van der Waals surface area contributed by atoms with Gasteiger partial charge in [0.2, 0.25) is 0 Å². The topological polar surface area (TPSA) is 21.3 Å². The third-order valence-electron chi connectivity index (χ3n) is 3.77. The molecule has 0 saturated carbocycles. The van der Waals surface area contributed by atoms with Gasteiger partial charge in [0, 0.05) is 29.5 Å². The molecule has 1 saturated heterocycles. The van der Waals surface area contributed by atoms with E-state index < -0.39 is 0 Å². The number of nitrogens with one attached hydrogen (secondary N) is 1. The molecule has 0 amide bonds. The monoisotopic (exact) mass is 267 g/mol. The van der Waals surface area contributed by atoms with Crippen LogP contribution in [0.4, 0.5) is 0 Å². The fourth-order valence-corrected chi connectivity index (χ4v) is 3.31. The Labute approximate surface area is 115 Å². The predicted octanol–water partition coefficient (Wildman–Crippen LogP) is 3.48. The second kappa shape index (κ2) is 6.69. The summed E-state index contributed by atoms with van der Waals surface area (Å²) >= 11 is 1.87. The van der Waals surface area contributed by atoms with Crippen molar-refractivity contribution in [3.8, 4) is 0 Å². The van der Waals surface area contributed by atoms with E-state index >= 15 is 0 Å². The van der Waals surface area contributed by atoms with Gasteiger partial charge < -0.3 is 10.1 Å². The molecule has 0 aliphatic carbocycles. The molecule has 2 heterocycles. The summed E-state index contributed by atoms with van der Waals surface area (Å²) in [6.45, 7) is 7.41. The minimum Gasteiger partial charge on any atom is -0.381 e. The average molecular weight is 267 g/mol. The Morgan fingerprint density at radius 3 is 3.00 bits per heavy atom. The lowest BCUT2D eigenvalue weighted by molar-refractivity contribution is -0.0126. The van der Waals surface area contributed by atoms with Gasteiger partial charge in [-0.2, -0.15) is 0 Å². The van der Waals surface area contributed by atoms with Crippen LogP contribution in [0.3, 0.4) is 0 Å². The number of ether oxygens (including phenoxy) is 1. The predicted molar refractivity (Wildman–Crippen MR) is 78.3 cm³/mol. The van der Waals surface area contributed by atoms with Gasteiger partial charge >= 0.3 is 0 Å². The van der Waals surface area contributed by atoms with Crippen molar-refractivity contribution in [2.24, 2.45) is 5.41 Å². The standard InChI is InChI=1S/C15H25NOS/c1-13(2)16-11-15(7-4-9-17-12-15)8-6-14-5-3-10-18-14/h3,5,10,13,16H,4,6-9,11-12H2,1-2H3. The van der Waals surface area contributed by atoms with E-state index in [1.807, 2.05) is 11.3 Å². The Morgan fingerprint density at radius 1 is 1.50 bits per heavy atom. The first kappa shape index (κ1) is 14.0. The molecule has 1 atom stereocenters. The zero-order chi connectivity index (χ0) is 12.8. The molecule has 1 fully saturated rings. The number of thiophene rings is 1. The van der Waals surface area contributed by atoms with Crippen LogP contribution in [0.2, 0.25) is 0 Å². The SMILES string of the molecule is CC(C)NCC1(CCc2cccs2)CCCOC1. The molecule has 1 unspecified atom stereocenters. The highest BCUT2D eigenvalue weighted by molar-refractivity contribution is 7.09. The largest absolute Gasteiger partial charge is 0.381 e. The molecule has 1 N–H and O–H groups in total. The summed E-state index contributed by atoms with van der Waals surface area (Å²) in [5.74, 6) is 0. The molecule has 102 valence electrons. The molecule has 1 aliphatic rings. The molecule has 0 radical (unpaired) electrons. The smallest absolute Gasteiger partial charge is 0.0534 e. The summed E-state index contributed by atoms with van der Waals surface area (Å²) in [5, 5.41) is 5.78. The highest BCUT2D eigenvalue weighted by Crippen LogP contribution is 2.33. The summed E-state index contributed by atoms with van der Waals surface area (Å²) < 4.78 is 5.75. The fraction of sp³-hybridized carbons (Fsp3) is 0.733. The second-order valence-electron chi connectivity index (χ2n) is 5.77. The summed E-state index contributed by atoms with van der Waals surface area (Å²) in [4.78, 5) is 1.50. The van der Waals surface area contributed by atoms with Crippen LogP contribution < -0.4 is 5.32 Å². The first-order chi connectivity index (χ1) is 8.70. The second-order valence-corrected chi connectivity index (χ2v) is 6.80. The van der Waals surface area contributed by atoms with Crippen LogP contribution in [-0.4, -0.2) is 25.8 Å². The van der Waals surface area contributed by atoms with Crippen LogP contribution >= 0.6 is 11.3 Å². The minimum absolute atomic E-state index is 0.354. The van der Waals surface area contributed by atoms with Crippen LogP contribution in [-0.2, 0) is 11.2 Å². The van der Waals surface area contributed by atoms with Crippen molar-refractivity contribution in [1.82, 2.24) is 5.32 Å². The van der Waals surface area contributed by atoms with Gasteiger partial charge in [-0.05, 0) is 37.1 Å². The van der Waals surface area contributed by atoms with Crippen molar-refractivity contribution in [3.63, 3.8) is 0 Å². The van der Waals surface area contributed by atoms with Crippen LogP contribution in [0.15, 0.2) is 17.5 Å². The zero-order valence-electron chi connectivity index (χ0n) is 11.6. The zero-order valence-corrected chi connectivity index (χ0v) is 12.4. The van der Waals surface area contributed by atoms with Gasteiger partial charge in [-0.1, -0.05) is 19.9 Å². The van der Waals surface area contributed by atoms with E-state index in [4.69, 9.17) is 4.74 Å². The van der Waals surface area contributed by atoms with Crippen molar-refractivity contribution in [3.05, 3.63) is 22.4 Å². The number of hydrogen-bond acceptors (Lipinski definition) is 3. The van der Waals surface area contributed by atoms with E-state index in [1.165, 1.54) is 30.6 Å². The summed E-state index contributed by atoms with van der Waals surface area (Å²) in [6, 6.07) is 4.96. The van der Waals surface area contributed by atoms with E-state index in [9.17, 15) is 0 Å². The minimum atomic E-state index is 0.354. The first-order valence-electron chi connectivity index (χ1n) is 7.04. The van der Waals surface area contributed by atoms with Gasteiger partial charge in [0.25, 0.3) is 0 Å². The fourth-order valence-electron chi connectivity index (χ4n) is 2.60. The summed E-state index contributed by atoms with van der Waals surface area (Å²) in [6.07, 6.45) is 4.95. The van der Waals surface area contributed by atoms with E-state index in [0.29, 0.717) is 11.5 Å².